The van der Waals surface area contributed by atoms with Crippen molar-refractivity contribution in [3.8, 4) is 11.5 Å². The maximum Gasteiger partial charge on any atom is 0.158 e. The molecule has 0 unspecified atom stereocenters. The van der Waals surface area contributed by atoms with E-state index in [-0.39, 0.29) is 0 Å². The van der Waals surface area contributed by atoms with E-state index in [0.29, 0.717) is 16.4 Å². The van der Waals surface area contributed by atoms with Gasteiger partial charge in [0.1, 0.15) is 16.7 Å². The van der Waals surface area contributed by atoms with E-state index in [0.717, 1.165) is 15.9 Å². The summed E-state index contributed by atoms with van der Waals surface area (Å²) in [7, 11) is 0. The van der Waals surface area contributed by atoms with Crippen LogP contribution in [0.3, 0.4) is 0 Å². The van der Waals surface area contributed by atoms with Crippen molar-refractivity contribution in [1.82, 2.24) is 19.9 Å². The Hall–Kier alpha value is -1.14. The van der Waals surface area contributed by atoms with Crippen LogP contribution < -0.4 is 0 Å². The van der Waals surface area contributed by atoms with E-state index in [1.165, 1.54) is 6.33 Å². The van der Waals surface area contributed by atoms with E-state index in [4.69, 9.17) is 12.2 Å². The Balaban J connectivity index is 2.62. The van der Waals surface area contributed by atoms with E-state index >= 15 is 0 Å². The minimum absolute atomic E-state index is 0.328. The van der Waals surface area contributed by atoms with Gasteiger partial charge in [-0.15, -0.1) is 0 Å². The Morgan fingerprint density at radius 1 is 1.41 bits per heavy atom. The van der Waals surface area contributed by atoms with Gasteiger partial charge < -0.3 is 4.98 Å². The van der Waals surface area contributed by atoms with Gasteiger partial charge in [0, 0.05) is 11.9 Å². The first-order valence-corrected chi connectivity index (χ1v) is 6.36. The number of nitrogens with zero attached hydrogens (tertiary/aromatic N) is 3. The molecule has 0 saturated carbocycles. The number of halogens is 1. The minimum Gasteiger partial charge on any atom is -0.341 e. The summed E-state index contributed by atoms with van der Waals surface area (Å²) in [5.74, 6) is 0.999. The van der Waals surface area contributed by atoms with E-state index in [1.807, 2.05) is 0 Å². The Morgan fingerprint density at radius 3 is 2.76 bits per heavy atom. The Labute approximate surface area is 113 Å². The summed E-state index contributed by atoms with van der Waals surface area (Å²) in [6.45, 7) is 4.18. The van der Waals surface area contributed by atoms with Crippen LogP contribution in [0.1, 0.15) is 25.5 Å². The molecule has 0 aliphatic rings. The normalized spacial score (nSPS) is 10.8. The Kier molecular flexibility index (Phi) is 3.63. The predicted molar refractivity (Wildman–Crippen MR) is 72.2 cm³/mol. The highest BCUT2D eigenvalue weighted by Crippen LogP contribution is 2.25. The molecule has 0 spiro atoms. The molecule has 2 aromatic heterocycles. The van der Waals surface area contributed by atoms with Crippen LogP contribution in [0.2, 0.25) is 0 Å². The third kappa shape index (κ3) is 2.58. The highest BCUT2D eigenvalue weighted by atomic mass is 79.9. The van der Waals surface area contributed by atoms with Crippen molar-refractivity contribution in [1.29, 1.82) is 0 Å². The van der Waals surface area contributed by atoms with Crippen molar-refractivity contribution in [3.63, 3.8) is 0 Å². The topological polar surface area (TPSA) is 54.5 Å². The third-order valence-electron chi connectivity index (χ3n) is 2.29. The van der Waals surface area contributed by atoms with Gasteiger partial charge in [0.2, 0.25) is 0 Å². The van der Waals surface area contributed by atoms with Crippen molar-refractivity contribution in [2.24, 2.45) is 0 Å². The van der Waals surface area contributed by atoms with Gasteiger partial charge in [-0.3, -0.25) is 0 Å². The summed E-state index contributed by atoms with van der Waals surface area (Å²) in [5, 5.41) is 0. The molecule has 0 aromatic carbocycles. The van der Waals surface area contributed by atoms with Gasteiger partial charge in [-0.25, -0.2) is 15.0 Å². The minimum atomic E-state index is 0.328. The van der Waals surface area contributed by atoms with Crippen LogP contribution in [0, 0.1) is 4.64 Å². The summed E-state index contributed by atoms with van der Waals surface area (Å²) in [5.41, 5.74) is 1.76. The second-order valence-electron chi connectivity index (χ2n) is 3.87. The fourth-order valence-corrected chi connectivity index (χ4v) is 2.27. The molecule has 2 aromatic rings. The van der Waals surface area contributed by atoms with Crippen molar-refractivity contribution < 1.29 is 0 Å². The largest absolute Gasteiger partial charge is 0.341 e. The average molecular weight is 311 g/mol. The highest BCUT2D eigenvalue weighted by molar-refractivity contribution is 9.10. The molecule has 4 nitrogen and oxygen atoms in total. The predicted octanol–water partition coefficient (Wildman–Crippen LogP) is 3.48. The third-order valence-corrected chi connectivity index (χ3v) is 3.65. The van der Waals surface area contributed by atoms with Gasteiger partial charge in [-0.2, -0.15) is 0 Å². The molecule has 0 aliphatic heterocycles. The number of hydrogen-bond donors (Lipinski definition) is 1. The molecule has 17 heavy (non-hydrogen) atoms. The van der Waals surface area contributed by atoms with Gasteiger partial charge in [0.05, 0.1) is 4.47 Å². The fraction of sp³-hybridized carbons (Fsp3) is 0.273. The molecular formula is C11H11BrN4S. The monoisotopic (exact) mass is 310 g/mol. The zero-order valence-electron chi connectivity index (χ0n) is 9.44. The lowest BCUT2D eigenvalue weighted by Gasteiger charge is -2.10. The smallest absolute Gasteiger partial charge is 0.158 e. The number of H-pyrrole nitrogens is 1. The average Bonchev–Trinajstić information content (AvgIpc) is 2.33. The first-order chi connectivity index (χ1) is 8.09. The molecule has 0 radical (unpaired) electrons. The molecule has 2 heterocycles. The second kappa shape index (κ2) is 5.01. The number of aromatic amines is 1. The van der Waals surface area contributed by atoms with E-state index in [1.54, 1.807) is 12.3 Å². The molecule has 0 atom stereocenters. The standard InChI is InChI=1S/C11H11BrN4S/c1-6(2)9-8(12)11(17)16-10(15-9)7-3-4-13-5-14-7/h3-6H,1-2H3,(H,15,16,17). The molecule has 2 rings (SSSR count). The molecular weight excluding hydrogens is 300 g/mol. The molecule has 6 heteroatoms. The zero-order valence-corrected chi connectivity index (χ0v) is 11.8. The number of rotatable bonds is 2. The van der Waals surface area contributed by atoms with Crippen molar-refractivity contribution in [2.45, 2.75) is 19.8 Å². The summed E-state index contributed by atoms with van der Waals surface area (Å²) in [6.07, 6.45) is 3.17. The molecule has 0 aliphatic carbocycles. The molecule has 88 valence electrons. The maximum absolute atomic E-state index is 5.23. The molecule has 0 fully saturated rings. The Bertz CT molecular complexity index is 580. The molecule has 1 N–H and O–H groups in total. The number of nitrogens with one attached hydrogen (secondary N) is 1. The molecule has 0 amide bonds. The lowest BCUT2D eigenvalue weighted by molar-refractivity contribution is 0.806. The van der Waals surface area contributed by atoms with Gasteiger partial charge >= 0.3 is 0 Å². The van der Waals surface area contributed by atoms with Crippen molar-refractivity contribution in [3.05, 3.63) is 33.4 Å². The fourth-order valence-electron chi connectivity index (χ4n) is 1.43. The Morgan fingerprint density at radius 2 is 2.18 bits per heavy atom. The SMILES string of the molecule is CC(C)c1[nH]c(-c2ccncn2)nc(=S)c1Br. The first-order valence-electron chi connectivity index (χ1n) is 5.15. The quantitative estimate of drug-likeness (QED) is 0.863. The summed E-state index contributed by atoms with van der Waals surface area (Å²) >= 11 is 8.68. The van der Waals surface area contributed by atoms with Crippen LogP contribution in [0.4, 0.5) is 0 Å². The first kappa shape index (κ1) is 12.3. The zero-order chi connectivity index (χ0) is 12.4. The van der Waals surface area contributed by atoms with Crippen LogP contribution in [0.5, 0.6) is 0 Å². The lowest BCUT2D eigenvalue weighted by atomic mass is 10.1. The molecule has 0 saturated heterocycles. The molecule has 0 bridgehead atoms. The number of hydrogen-bond acceptors (Lipinski definition) is 4. The van der Waals surface area contributed by atoms with Crippen LogP contribution >= 0.6 is 28.1 Å². The lowest BCUT2D eigenvalue weighted by Crippen LogP contribution is -2.01. The van der Waals surface area contributed by atoms with Crippen LogP contribution in [0.25, 0.3) is 11.5 Å². The highest BCUT2D eigenvalue weighted by Gasteiger charge is 2.11. The van der Waals surface area contributed by atoms with Crippen molar-refractivity contribution >= 4 is 28.1 Å². The summed E-state index contributed by atoms with van der Waals surface area (Å²) < 4.78 is 1.39. The van der Waals surface area contributed by atoms with Crippen LogP contribution in [0.15, 0.2) is 23.1 Å². The van der Waals surface area contributed by atoms with E-state index < -0.39 is 0 Å². The second-order valence-corrected chi connectivity index (χ2v) is 5.05. The summed E-state index contributed by atoms with van der Waals surface area (Å²) in [4.78, 5) is 15.6. The van der Waals surface area contributed by atoms with Crippen molar-refractivity contribution in [2.75, 3.05) is 0 Å². The van der Waals surface area contributed by atoms with E-state index in [9.17, 15) is 0 Å². The summed E-state index contributed by atoms with van der Waals surface area (Å²) in [6, 6.07) is 1.80. The van der Waals surface area contributed by atoms with E-state index in [2.05, 4.69) is 49.7 Å². The van der Waals surface area contributed by atoms with Gasteiger partial charge in [0.25, 0.3) is 0 Å². The van der Waals surface area contributed by atoms with Crippen LogP contribution in [-0.2, 0) is 0 Å². The van der Waals surface area contributed by atoms with Gasteiger partial charge in [0.15, 0.2) is 5.82 Å². The van der Waals surface area contributed by atoms with Gasteiger partial charge in [-0.1, -0.05) is 26.1 Å². The van der Waals surface area contributed by atoms with Gasteiger partial charge in [-0.05, 0) is 27.9 Å². The maximum atomic E-state index is 5.23. The van der Waals surface area contributed by atoms with Crippen LogP contribution in [-0.4, -0.2) is 19.9 Å². The number of aromatic nitrogens is 4.